The molecule has 1 fully saturated rings. The Bertz CT molecular complexity index is 499. The monoisotopic (exact) mass is 347 g/mol. The van der Waals surface area contributed by atoms with Crippen LogP contribution in [0.4, 0.5) is 0 Å². The van der Waals surface area contributed by atoms with Crippen molar-refractivity contribution in [2.45, 2.75) is 58.3 Å². The fourth-order valence-corrected chi connectivity index (χ4v) is 2.99. The van der Waals surface area contributed by atoms with Gasteiger partial charge in [-0.2, -0.15) is 0 Å². The van der Waals surface area contributed by atoms with Gasteiger partial charge in [0.1, 0.15) is 0 Å². The number of hydrogen-bond acceptors (Lipinski definition) is 3. The van der Waals surface area contributed by atoms with Gasteiger partial charge < -0.3 is 20.5 Å². The van der Waals surface area contributed by atoms with E-state index >= 15 is 0 Å². The lowest BCUT2D eigenvalue weighted by molar-refractivity contribution is 0.0944. The van der Waals surface area contributed by atoms with Gasteiger partial charge in [-0.1, -0.05) is 37.3 Å². The highest BCUT2D eigenvalue weighted by Crippen LogP contribution is 2.18. The molecule has 1 unspecified atom stereocenters. The number of aliphatic hydroxyl groups is 1. The molecule has 0 amide bonds. The van der Waals surface area contributed by atoms with Crippen LogP contribution in [0.3, 0.4) is 0 Å². The molecule has 5 nitrogen and oxygen atoms in total. The average Bonchev–Trinajstić information content (AvgIpc) is 2.63. The molecule has 0 heterocycles. The molecule has 0 saturated heterocycles. The summed E-state index contributed by atoms with van der Waals surface area (Å²) in [5.74, 6) is 1.24. The Kier molecular flexibility index (Phi) is 8.77. The standard InChI is InChI=1S/C20H33N3O2/c1-3-21-20(23-18-9-11-19(24)12-10-18)22-13-16(2)14-25-15-17-7-5-4-6-8-17/h4-8,16,18-19,24H,3,9-15H2,1-2H3,(H2,21,22,23). The van der Waals surface area contributed by atoms with E-state index in [4.69, 9.17) is 9.73 Å². The van der Waals surface area contributed by atoms with Gasteiger partial charge in [-0.15, -0.1) is 0 Å². The number of hydrogen-bond donors (Lipinski definition) is 3. The molecule has 1 aliphatic carbocycles. The summed E-state index contributed by atoms with van der Waals surface area (Å²) in [7, 11) is 0. The molecule has 1 atom stereocenters. The van der Waals surface area contributed by atoms with E-state index in [0.717, 1.165) is 44.7 Å². The minimum atomic E-state index is -0.126. The molecule has 0 aromatic heterocycles. The fraction of sp³-hybridized carbons (Fsp3) is 0.650. The molecule has 0 aliphatic heterocycles. The lowest BCUT2D eigenvalue weighted by atomic mass is 9.93. The first-order valence-corrected chi connectivity index (χ1v) is 9.52. The van der Waals surface area contributed by atoms with Crippen molar-refractivity contribution in [3.8, 4) is 0 Å². The van der Waals surface area contributed by atoms with Crippen molar-refractivity contribution in [3.63, 3.8) is 0 Å². The molecule has 1 saturated carbocycles. The molecule has 3 N–H and O–H groups in total. The van der Waals surface area contributed by atoms with Crippen LogP contribution in [0.2, 0.25) is 0 Å². The maximum absolute atomic E-state index is 9.62. The lowest BCUT2D eigenvalue weighted by Gasteiger charge is -2.27. The number of nitrogens with zero attached hydrogens (tertiary/aromatic N) is 1. The molecule has 5 heteroatoms. The molecule has 2 rings (SSSR count). The van der Waals surface area contributed by atoms with Crippen LogP contribution in [0.25, 0.3) is 0 Å². The third-order valence-corrected chi connectivity index (χ3v) is 4.46. The molecule has 25 heavy (non-hydrogen) atoms. The van der Waals surface area contributed by atoms with E-state index in [0.29, 0.717) is 25.2 Å². The van der Waals surface area contributed by atoms with E-state index in [1.165, 1.54) is 5.56 Å². The van der Waals surface area contributed by atoms with Gasteiger partial charge in [-0.3, -0.25) is 4.99 Å². The van der Waals surface area contributed by atoms with Gasteiger partial charge in [-0.05, 0) is 44.1 Å². The van der Waals surface area contributed by atoms with Gasteiger partial charge in [0.15, 0.2) is 5.96 Å². The van der Waals surface area contributed by atoms with E-state index in [9.17, 15) is 5.11 Å². The van der Waals surface area contributed by atoms with Gasteiger partial charge in [0.05, 0.1) is 19.3 Å². The summed E-state index contributed by atoms with van der Waals surface area (Å²) in [6, 6.07) is 10.7. The second kappa shape index (κ2) is 11.1. The normalized spacial score (nSPS) is 22.4. The van der Waals surface area contributed by atoms with Crippen molar-refractivity contribution in [1.29, 1.82) is 0 Å². The highest BCUT2D eigenvalue weighted by Gasteiger charge is 2.20. The van der Waals surface area contributed by atoms with E-state index in [2.05, 4.69) is 36.6 Å². The number of aliphatic imine (C=N–C) groups is 1. The Hall–Kier alpha value is -1.59. The Labute approximate surface area is 151 Å². The van der Waals surface area contributed by atoms with Crippen molar-refractivity contribution in [2.75, 3.05) is 19.7 Å². The average molecular weight is 348 g/mol. The maximum Gasteiger partial charge on any atom is 0.191 e. The van der Waals surface area contributed by atoms with Crippen LogP contribution in [0, 0.1) is 5.92 Å². The molecule has 0 bridgehead atoms. The molecule has 1 aromatic carbocycles. The van der Waals surface area contributed by atoms with E-state index in [1.54, 1.807) is 0 Å². The quantitative estimate of drug-likeness (QED) is 0.500. The maximum atomic E-state index is 9.62. The summed E-state index contributed by atoms with van der Waals surface area (Å²) in [6.45, 7) is 7.17. The summed E-state index contributed by atoms with van der Waals surface area (Å²) in [5, 5.41) is 16.4. The zero-order valence-electron chi connectivity index (χ0n) is 15.6. The molecule has 0 radical (unpaired) electrons. The minimum Gasteiger partial charge on any atom is -0.393 e. The lowest BCUT2D eigenvalue weighted by Crippen LogP contribution is -2.45. The molecule has 1 aromatic rings. The van der Waals surface area contributed by atoms with Gasteiger partial charge >= 0.3 is 0 Å². The van der Waals surface area contributed by atoms with Crippen molar-refractivity contribution < 1.29 is 9.84 Å². The summed E-state index contributed by atoms with van der Waals surface area (Å²) >= 11 is 0. The molecule has 1 aliphatic rings. The van der Waals surface area contributed by atoms with Crippen molar-refractivity contribution in [1.82, 2.24) is 10.6 Å². The molecule has 140 valence electrons. The zero-order chi connectivity index (χ0) is 17.9. The van der Waals surface area contributed by atoms with Crippen LogP contribution in [-0.2, 0) is 11.3 Å². The number of aliphatic hydroxyl groups excluding tert-OH is 1. The molecular formula is C20H33N3O2. The van der Waals surface area contributed by atoms with E-state index < -0.39 is 0 Å². The summed E-state index contributed by atoms with van der Waals surface area (Å²) in [5.41, 5.74) is 1.20. The van der Waals surface area contributed by atoms with Crippen molar-refractivity contribution >= 4 is 5.96 Å². The Morgan fingerprint density at radius 2 is 1.96 bits per heavy atom. The van der Waals surface area contributed by atoms with Crippen LogP contribution >= 0.6 is 0 Å². The zero-order valence-corrected chi connectivity index (χ0v) is 15.6. The van der Waals surface area contributed by atoms with E-state index in [1.807, 2.05) is 18.2 Å². The first-order valence-electron chi connectivity index (χ1n) is 9.52. The topological polar surface area (TPSA) is 65.9 Å². The first-order chi connectivity index (χ1) is 12.2. The third kappa shape index (κ3) is 7.88. The number of nitrogens with one attached hydrogen (secondary N) is 2. The SMILES string of the molecule is CCNC(=NCC(C)COCc1ccccc1)NC1CCC(O)CC1. The molecular weight excluding hydrogens is 314 g/mol. The summed E-state index contributed by atoms with van der Waals surface area (Å²) in [6.07, 6.45) is 3.63. The first kappa shape index (κ1) is 19.7. The van der Waals surface area contributed by atoms with Gasteiger partial charge in [0.2, 0.25) is 0 Å². The fourth-order valence-electron chi connectivity index (χ4n) is 2.99. The minimum absolute atomic E-state index is 0.126. The van der Waals surface area contributed by atoms with Crippen LogP contribution in [-0.4, -0.2) is 42.9 Å². The van der Waals surface area contributed by atoms with Gasteiger partial charge in [-0.25, -0.2) is 0 Å². The Morgan fingerprint density at radius 1 is 1.24 bits per heavy atom. The number of guanidine groups is 1. The Balaban J connectivity index is 1.71. The van der Waals surface area contributed by atoms with Crippen molar-refractivity contribution in [3.05, 3.63) is 35.9 Å². The summed E-state index contributed by atoms with van der Waals surface area (Å²) in [4.78, 5) is 4.70. The number of ether oxygens (including phenoxy) is 1. The number of rotatable bonds is 8. The largest absolute Gasteiger partial charge is 0.393 e. The Morgan fingerprint density at radius 3 is 2.64 bits per heavy atom. The van der Waals surface area contributed by atoms with Gasteiger partial charge in [0, 0.05) is 19.1 Å². The third-order valence-electron chi connectivity index (χ3n) is 4.46. The van der Waals surface area contributed by atoms with Crippen LogP contribution in [0.5, 0.6) is 0 Å². The van der Waals surface area contributed by atoms with E-state index in [-0.39, 0.29) is 6.10 Å². The second-order valence-electron chi connectivity index (χ2n) is 6.98. The molecule has 0 spiro atoms. The van der Waals surface area contributed by atoms with Crippen LogP contribution in [0.15, 0.2) is 35.3 Å². The second-order valence-corrected chi connectivity index (χ2v) is 6.98. The van der Waals surface area contributed by atoms with Gasteiger partial charge in [0.25, 0.3) is 0 Å². The highest BCUT2D eigenvalue weighted by molar-refractivity contribution is 5.80. The smallest absolute Gasteiger partial charge is 0.191 e. The summed E-state index contributed by atoms with van der Waals surface area (Å²) < 4.78 is 5.80. The van der Waals surface area contributed by atoms with Crippen LogP contribution in [0.1, 0.15) is 45.1 Å². The van der Waals surface area contributed by atoms with Crippen LogP contribution < -0.4 is 10.6 Å². The predicted octanol–water partition coefficient (Wildman–Crippen LogP) is 2.70. The van der Waals surface area contributed by atoms with Crippen molar-refractivity contribution in [2.24, 2.45) is 10.9 Å². The number of benzene rings is 1. The highest BCUT2D eigenvalue weighted by atomic mass is 16.5. The predicted molar refractivity (Wildman–Crippen MR) is 103 cm³/mol.